The number of rotatable bonds is 5. The molecule has 6 heteroatoms. The van der Waals surface area contributed by atoms with E-state index >= 15 is 0 Å². The number of ether oxygens (including phenoxy) is 1. The smallest absolute Gasteiger partial charge is 0.239 e. The van der Waals surface area contributed by atoms with Gasteiger partial charge in [-0.2, -0.15) is 0 Å². The van der Waals surface area contributed by atoms with E-state index in [1.165, 1.54) is 7.11 Å². The summed E-state index contributed by atoms with van der Waals surface area (Å²) in [6.45, 7) is 4.26. The summed E-state index contributed by atoms with van der Waals surface area (Å²) < 4.78 is 5.04. The summed E-state index contributed by atoms with van der Waals surface area (Å²) in [6.07, 6.45) is 0. The molecule has 0 heterocycles. The van der Waals surface area contributed by atoms with Gasteiger partial charge in [0, 0.05) is 13.6 Å². The average molecular weight is 303 g/mol. The van der Waals surface area contributed by atoms with Gasteiger partial charge in [0.05, 0.1) is 13.2 Å². The third kappa shape index (κ3) is 4.58. The number of hydrogen-bond donors (Lipinski definition) is 2. The molecule has 0 aliphatic carbocycles. The third-order valence-electron chi connectivity index (χ3n) is 3.04. The average Bonchev–Trinajstić information content (AvgIpc) is 2.38. The monoisotopic (exact) mass is 302 g/mol. The number of halogens is 1. The molecule has 0 spiro atoms. The normalized spacial score (nSPS) is 11.7. The molecule has 1 rings (SSSR count). The van der Waals surface area contributed by atoms with Gasteiger partial charge >= 0.3 is 0 Å². The Hall–Kier alpha value is -1.46. The maximum absolute atomic E-state index is 12.0. The van der Waals surface area contributed by atoms with Crippen molar-refractivity contribution in [3.05, 3.63) is 23.8 Å². The van der Waals surface area contributed by atoms with Crippen LogP contribution in [0.1, 0.15) is 19.4 Å². The highest BCUT2D eigenvalue weighted by Crippen LogP contribution is 2.26. The number of phenols is 1. The van der Waals surface area contributed by atoms with Crippen LogP contribution in [0, 0.1) is 5.92 Å². The van der Waals surface area contributed by atoms with E-state index in [1.807, 2.05) is 13.8 Å². The maximum Gasteiger partial charge on any atom is 0.239 e. The molecule has 0 fully saturated rings. The summed E-state index contributed by atoms with van der Waals surface area (Å²) in [5, 5.41) is 9.51. The Bertz CT molecular complexity index is 452. The fourth-order valence-corrected chi connectivity index (χ4v) is 1.71. The molecular formula is C14H23ClN2O3. The fourth-order valence-electron chi connectivity index (χ4n) is 1.71. The molecule has 0 aliphatic heterocycles. The second-order valence-electron chi connectivity index (χ2n) is 4.97. The van der Waals surface area contributed by atoms with Gasteiger partial charge in [-0.15, -0.1) is 12.4 Å². The van der Waals surface area contributed by atoms with Crippen LogP contribution in [0.15, 0.2) is 18.2 Å². The Morgan fingerprint density at radius 2 is 2.05 bits per heavy atom. The van der Waals surface area contributed by atoms with Gasteiger partial charge in [0.15, 0.2) is 11.5 Å². The van der Waals surface area contributed by atoms with E-state index < -0.39 is 6.04 Å². The summed E-state index contributed by atoms with van der Waals surface area (Å²) in [4.78, 5) is 13.6. The number of aromatic hydroxyl groups is 1. The molecule has 0 radical (unpaired) electrons. The summed E-state index contributed by atoms with van der Waals surface area (Å²) >= 11 is 0. The summed E-state index contributed by atoms with van der Waals surface area (Å²) in [5.41, 5.74) is 6.72. The molecule has 0 aliphatic rings. The van der Waals surface area contributed by atoms with Gasteiger partial charge < -0.3 is 20.5 Å². The Morgan fingerprint density at radius 3 is 2.55 bits per heavy atom. The van der Waals surface area contributed by atoms with E-state index in [1.54, 1.807) is 30.1 Å². The van der Waals surface area contributed by atoms with Crippen molar-refractivity contribution in [3.63, 3.8) is 0 Å². The number of carbonyl (C=O) groups is 1. The Balaban J connectivity index is 0.00000361. The van der Waals surface area contributed by atoms with Crippen LogP contribution in [0.2, 0.25) is 0 Å². The number of hydrogen-bond acceptors (Lipinski definition) is 4. The molecule has 0 aromatic heterocycles. The number of methoxy groups -OCH3 is 1. The lowest BCUT2D eigenvalue weighted by Crippen LogP contribution is -2.44. The molecule has 1 atom stereocenters. The fraction of sp³-hybridized carbons (Fsp3) is 0.500. The first-order valence-electron chi connectivity index (χ1n) is 6.23. The number of carbonyl (C=O) groups excluding carboxylic acids is 1. The van der Waals surface area contributed by atoms with E-state index in [9.17, 15) is 9.90 Å². The van der Waals surface area contributed by atoms with Gasteiger partial charge in [-0.3, -0.25) is 4.79 Å². The van der Waals surface area contributed by atoms with Crippen molar-refractivity contribution >= 4 is 18.3 Å². The van der Waals surface area contributed by atoms with Gasteiger partial charge in [0.1, 0.15) is 0 Å². The molecular weight excluding hydrogens is 280 g/mol. The number of nitrogens with zero attached hydrogens (tertiary/aromatic N) is 1. The van der Waals surface area contributed by atoms with E-state index in [0.29, 0.717) is 12.3 Å². The predicted octanol–water partition coefficient (Wildman–Crippen LogP) is 1.76. The zero-order valence-corrected chi connectivity index (χ0v) is 13.1. The van der Waals surface area contributed by atoms with Crippen LogP contribution in [0.25, 0.3) is 0 Å². The van der Waals surface area contributed by atoms with E-state index in [2.05, 4.69) is 0 Å². The first-order valence-corrected chi connectivity index (χ1v) is 6.23. The number of nitrogens with two attached hydrogens (primary N) is 1. The van der Waals surface area contributed by atoms with E-state index in [4.69, 9.17) is 10.5 Å². The van der Waals surface area contributed by atoms with Gasteiger partial charge in [0.2, 0.25) is 5.91 Å². The van der Waals surface area contributed by atoms with Gasteiger partial charge in [0.25, 0.3) is 0 Å². The largest absolute Gasteiger partial charge is 0.504 e. The van der Waals surface area contributed by atoms with Crippen molar-refractivity contribution in [2.24, 2.45) is 11.7 Å². The van der Waals surface area contributed by atoms with Crippen molar-refractivity contribution in [3.8, 4) is 11.5 Å². The van der Waals surface area contributed by atoms with Crippen LogP contribution in [0.3, 0.4) is 0 Å². The number of likely N-dealkylation sites (N-methyl/N-ethyl adjacent to an activating group) is 1. The van der Waals surface area contributed by atoms with Crippen molar-refractivity contribution in [1.82, 2.24) is 4.90 Å². The molecule has 0 unspecified atom stereocenters. The van der Waals surface area contributed by atoms with Crippen molar-refractivity contribution in [1.29, 1.82) is 0 Å². The zero-order valence-electron chi connectivity index (χ0n) is 12.3. The topological polar surface area (TPSA) is 75.8 Å². The lowest BCUT2D eigenvalue weighted by atomic mass is 10.0. The number of amides is 1. The Labute approximate surface area is 126 Å². The highest BCUT2D eigenvalue weighted by molar-refractivity contribution is 5.85. The molecule has 0 saturated carbocycles. The lowest BCUT2D eigenvalue weighted by molar-refractivity contribution is -0.132. The standard InChI is InChI=1S/C14H22N2O3.ClH/c1-9(2)13(15)14(18)16(3)8-10-5-6-11(17)12(7-10)19-4;/h5-7,9,13,17H,8,15H2,1-4H3;1H/t13-;/m0./s1. The Kier molecular flexibility index (Phi) is 7.39. The molecule has 1 aromatic carbocycles. The summed E-state index contributed by atoms with van der Waals surface area (Å²) in [5.74, 6) is 0.483. The molecule has 1 amide bonds. The van der Waals surface area contributed by atoms with Crippen molar-refractivity contribution in [2.75, 3.05) is 14.2 Å². The summed E-state index contributed by atoms with van der Waals surface area (Å²) in [6, 6.07) is 4.52. The lowest BCUT2D eigenvalue weighted by Gasteiger charge is -2.23. The highest BCUT2D eigenvalue weighted by atomic mass is 35.5. The summed E-state index contributed by atoms with van der Waals surface area (Å²) in [7, 11) is 3.20. The van der Waals surface area contributed by atoms with Crippen LogP contribution >= 0.6 is 12.4 Å². The third-order valence-corrected chi connectivity index (χ3v) is 3.04. The van der Waals surface area contributed by atoms with E-state index in [0.717, 1.165) is 5.56 Å². The van der Waals surface area contributed by atoms with E-state index in [-0.39, 0.29) is 30.0 Å². The molecule has 114 valence electrons. The molecule has 5 nitrogen and oxygen atoms in total. The first kappa shape index (κ1) is 18.5. The van der Waals surface area contributed by atoms with Gasteiger partial charge in [-0.1, -0.05) is 19.9 Å². The maximum atomic E-state index is 12.0. The molecule has 20 heavy (non-hydrogen) atoms. The number of phenolic OH excluding ortho intramolecular Hbond substituents is 1. The minimum atomic E-state index is -0.496. The first-order chi connectivity index (χ1) is 8.86. The highest BCUT2D eigenvalue weighted by Gasteiger charge is 2.21. The molecule has 0 saturated heterocycles. The second kappa shape index (κ2) is 7.97. The Morgan fingerprint density at radius 1 is 1.45 bits per heavy atom. The minimum Gasteiger partial charge on any atom is -0.504 e. The van der Waals surface area contributed by atoms with Crippen molar-refractivity contribution < 1.29 is 14.6 Å². The SMILES string of the molecule is COc1cc(CN(C)C(=O)[C@@H](N)C(C)C)ccc1O.Cl. The predicted molar refractivity (Wildman–Crippen MR) is 81.2 cm³/mol. The van der Waals surface area contributed by atoms with Gasteiger partial charge in [-0.25, -0.2) is 0 Å². The zero-order chi connectivity index (χ0) is 14.6. The van der Waals surface area contributed by atoms with Crippen LogP contribution < -0.4 is 10.5 Å². The second-order valence-corrected chi connectivity index (χ2v) is 4.97. The molecule has 0 bridgehead atoms. The number of benzene rings is 1. The van der Waals surface area contributed by atoms with Gasteiger partial charge in [-0.05, 0) is 23.6 Å². The molecule has 3 N–H and O–H groups in total. The van der Waals surface area contributed by atoms with Crippen LogP contribution in [-0.4, -0.2) is 36.1 Å². The van der Waals surface area contributed by atoms with Crippen LogP contribution in [-0.2, 0) is 11.3 Å². The van der Waals surface area contributed by atoms with Crippen LogP contribution in [0.5, 0.6) is 11.5 Å². The molecule has 1 aromatic rings. The van der Waals surface area contributed by atoms with Crippen molar-refractivity contribution in [2.45, 2.75) is 26.4 Å². The quantitative estimate of drug-likeness (QED) is 0.869. The minimum absolute atomic E-state index is 0. The van der Waals surface area contributed by atoms with Crippen LogP contribution in [0.4, 0.5) is 0 Å².